The highest BCUT2D eigenvalue weighted by Gasteiger charge is 2.38. The molecule has 1 aliphatic heterocycles. The molecule has 1 aliphatic carbocycles. The molecule has 136 valence electrons. The Hall–Kier alpha value is -1.96. The Morgan fingerprint density at radius 1 is 1.28 bits per heavy atom. The predicted molar refractivity (Wildman–Crippen MR) is 94.0 cm³/mol. The summed E-state index contributed by atoms with van der Waals surface area (Å²) in [6, 6.07) is 3.13. The molecular weight excluding hydrogens is 342 g/mol. The topological polar surface area (TPSA) is 96.4 Å². The van der Waals surface area contributed by atoms with Crippen LogP contribution in [0.4, 0.5) is 5.82 Å². The number of carbonyl (C=O) groups is 2. The Kier molecular flexibility index (Phi) is 4.57. The van der Waals surface area contributed by atoms with Crippen LogP contribution in [0.5, 0.6) is 0 Å². The van der Waals surface area contributed by atoms with Crippen LogP contribution in [0.2, 0.25) is 0 Å². The SMILES string of the molecule is CC1(C)CCN(C(=O)c2ccnc(NC(=O)C3CC3)c2)CCS1(=O)=O. The third-order valence-corrected chi connectivity index (χ3v) is 7.56. The van der Waals surface area contributed by atoms with Crippen molar-refractivity contribution in [2.24, 2.45) is 5.92 Å². The van der Waals surface area contributed by atoms with Gasteiger partial charge in [-0.2, -0.15) is 0 Å². The van der Waals surface area contributed by atoms with Crippen molar-refractivity contribution in [1.82, 2.24) is 9.88 Å². The molecule has 0 atom stereocenters. The molecule has 3 rings (SSSR count). The number of pyridine rings is 1. The molecule has 0 unspecified atom stereocenters. The first-order valence-corrected chi connectivity index (χ1v) is 10.1. The van der Waals surface area contributed by atoms with Gasteiger partial charge in [0.25, 0.3) is 5.91 Å². The molecule has 7 nitrogen and oxygen atoms in total. The van der Waals surface area contributed by atoms with Crippen LogP contribution in [0.1, 0.15) is 43.5 Å². The van der Waals surface area contributed by atoms with Crippen molar-refractivity contribution in [2.45, 2.75) is 37.9 Å². The predicted octanol–water partition coefficient (Wildman–Crippen LogP) is 1.47. The Morgan fingerprint density at radius 2 is 2.00 bits per heavy atom. The second kappa shape index (κ2) is 6.40. The minimum absolute atomic E-state index is 0.0396. The lowest BCUT2D eigenvalue weighted by atomic mass is 10.1. The summed E-state index contributed by atoms with van der Waals surface area (Å²) in [5, 5.41) is 2.72. The summed E-state index contributed by atoms with van der Waals surface area (Å²) in [7, 11) is -3.24. The molecule has 2 aliphatic rings. The van der Waals surface area contributed by atoms with E-state index in [1.54, 1.807) is 30.9 Å². The Bertz CT molecular complexity index is 800. The van der Waals surface area contributed by atoms with E-state index < -0.39 is 14.6 Å². The summed E-state index contributed by atoms with van der Waals surface area (Å²) in [6.45, 7) is 3.97. The van der Waals surface area contributed by atoms with Crippen LogP contribution in [-0.4, -0.2) is 53.7 Å². The van der Waals surface area contributed by atoms with Crippen LogP contribution in [0.15, 0.2) is 18.3 Å². The van der Waals surface area contributed by atoms with Gasteiger partial charge in [-0.15, -0.1) is 0 Å². The molecule has 1 N–H and O–H groups in total. The second-order valence-corrected chi connectivity index (χ2v) is 10.1. The highest BCUT2D eigenvalue weighted by Crippen LogP contribution is 2.30. The zero-order chi connectivity index (χ0) is 18.2. The first kappa shape index (κ1) is 17.8. The maximum Gasteiger partial charge on any atom is 0.254 e. The molecule has 2 heterocycles. The third-order valence-electron chi connectivity index (χ3n) is 4.95. The van der Waals surface area contributed by atoms with Gasteiger partial charge in [0.1, 0.15) is 5.82 Å². The maximum atomic E-state index is 12.7. The number of sulfone groups is 1. The fraction of sp³-hybridized carbons (Fsp3) is 0.588. The Morgan fingerprint density at radius 3 is 2.68 bits per heavy atom. The molecule has 2 amide bonds. The zero-order valence-corrected chi connectivity index (χ0v) is 15.3. The molecule has 0 spiro atoms. The van der Waals surface area contributed by atoms with Crippen molar-refractivity contribution in [2.75, 3.05) is 24.2 Å². The molecule has 1 saturated heterocycles. The van der Waals surface area contributed by atoms with E-state index in [4.69, 9.17) is 0 Å². The number of carbonyl (C=O) groups excluding carboxylic acids is 2. The lowest BCUT2D eigenvalue weighted by Gasteiger charge is -2.22. The minimum Gasteiger partial charge on any atom is -0.338 e. The van der Waals surface area contributed by atoms with Crippen LogP contribution in [-0.2, 0) is 14.6 Å². The summed E-state index contributed by atoms with van der Waals surface area (Å²) in [4.78, 5) is 30.2. The van der Waals surface area contributed by atoms with Gasteiger partial charge in [-0.25, -0.2) is 13.4 Å². The van der Waals surface area contributed by atoms with Crippen LogP contribution in [0.25, 0.3) is 0 Å². The number of amides is 2. The van der Waals surface area contributed by atoms with Crippen molar-refractivity contribution in [1.29, 1.82) is 0 Å². The largest absolute Gasteiger partial charge is 0.338 e. The lowest BCUT2D eigenvalue weighted by molar-refractivity contribution is -0.117. The van der Waals surface area contributed by atoms with Crippen LogP contribution < -0.4 is 5.32 Å². The van der Waals surface area contributed by atoms with E-state index in [-0.39, 0.29) is 30.0 Å². The number of aromatic nitrogens is 1. The number of anilines is 1. The zero-order valence-electron chi connectivity index (χ0n) is 14.5. The highest BCUT2D eigenvalue weighted by atomic mass is 32.2. The maximum absolute atomic E-state index is 12.7. The molecule has 1 aromatic heterocycles. The van der Waals surface area contributed by atoms with Crippen LogP contribution >= 0.6 is 0 Å². The number of hydrogen-bond acceptors (Lipinski definition) is 5. The van der Waals surface area contributed by atoms with E-state index in [0.717, 1.165) is 12.8 Å². The molecule has 1 aromatic rings. The number of nitrogens with zero attached hydrogens (tertiary/aromatic N) is 2. The smallest absolute Gasteiger partial charge is 0.254 e. The van der Waals surface area contributed by atoms with Gasteiger partial charge < -0.3 is 10.2 Å². The average Bonchev–Trinajstić information content (AvgIpc) is 3.39. The van der Waals surface area contributed by atoms with E-state index in [1.807, 2.05) is 0 Å². The minimum atomic E-state index is -3.24. The summed E-state index contributed by atoms with van der Waals surface area (Å²) in [5.41, 5.74) is 0.401. The van der Waals surface area contributed by atoms with Crippen molar-refractivity contribution < 1.29 is 18.0 Å². The van der Waals surface area contributed by atoms with Gasteiger partial charge >= 0.3 is 0 Å². The summed E-state index contributed by atoms with van der Waals surface area (Å²) >= 11 is 0. The molecule has 0 aromatic carbocycles. The third kappa shape index (κ3) is 3.84. The number of hydrogen-bond donors (Lipinski definition) is 1. The highest BCUT2D eigenvalue weighted by molar-refractivity contribution is 7.92. The number of nitrogens with one attached hydrogen (secondary N) is 1. The lowest BCUT2D eigenvalue weighted by Crippen LogP contribution is -2.33. The quantitative estimate of drug-likeness (QED) is 0.875. The van der Waals surface area contributed by atoms with E-state index in [1.165, 1.54) is 6.20 Å². The Balaban J connectivity index is 1.73. The van der Waals surface area contributed by atoms with E-state index >= 15 is 0 Å². The molecule has 0 radical (unpaired) electrons. The second-order valence-electron chi connectivity index (χ2n) is 7.31. The van der Waals surface area contributed by atoms with E-state index in [9.17, 15) is 18.0 Å². The average molecular weight is 365 g/mol. The molecule has 8 heteroatoms. The van der Waals surface area contributed by atoms with Crippen molar-refractivity contribution in [3.05, 3.63) is 23.9 Å². The molecule has 1 saturated carbocycles. The van der Waals surface area contributed by atoms with Crippen molar-refractivity contribution in [3.63, 3.8) is 0 Å². The molecular formula is C17H23N3O4S. The van der Waals surface area contributed by atoms with Crippen molar-refractivity contribution >= 4 is 27.5 Å². The first-order chi connectivity index (χ1) is 11.7. The first-order valence-electron chi connectivity index (χ1n) is 8.48. The van der Waals surface area contributed by atoms with Gasteiger partial charge in [-0.3, -0.25) is 9.59 Å². The van der Waals surface area contributed by atoms with Gasteiger partial charge in [-0.05, 0) is 45.2 Å². The Labute approximate surface area is 147 Å². The van der Waals surface area contributed by atoms with Gasteiger partial charge in [0.2, 0.25) is 5.91 Å². The molecule has 25 heavy (non-hydrogen) atoms. The summed E-state index contributed by atoms with van der Waals surface area (Å²) in [5.74, 6) is 0.0592. The van der Waals surface area contributed by atoms with E-state index in [0.29, 0.717) is 24.3 Å². The van der Waals surface area contributed by atoms with Gasteiger partial charge in [-0.1, -0.05) is 0 Å². The van der Waals surface area contributed by atoms with Gasteiger partial charge in [0.05, 0.1) is 10.5 Å². The van der Waals surface area contributed by atoms with Crippen molar-refractivity contribution in [3.8, 4) is 0 Å². The fourth-order valence-electron chi connectivity index (χ4n) is 2.77. The normalized spacial score (nSPS) is 22.1. The number of rotatable bonds is 3. The van der Waals surface area contributed by atoms with E-state index in [2.05, 4.69) is 10.3 Å². The van der Waals surface area contributed by atoms with Crippen LogP contribution in [0.3, 0.4) is 0 Å². The molecule has 2 fully saturated rings. The van der Waals surface area contributed by atoms with Gasteiger partial charge in [0.15, 0.2) is 9.84 Å². The van der Waals surface area contributed by atoms with Gasteiger partial charge in [0, 0.05) is 30.8 Å². The summed E-state index contributed by atoms with van der Waals surface area (Å²) in [6.07, 6.45) is 3.66. The summed E-state index contributed by atoms with van der Waals surface area (Å²) < 4.78 is 23.7. The standard InChI is InChI=1S/C17H23N3O4S/c1-17(2)6-8-20(9-10-25(17,23)24)16(22)13-5-7-18-14(11-13)19-15(21)12-3-4-12/h5,7,11-12H,3-4,6,8-10H2,1-2H3,(H,18,19,21). The monoisotopic (exact) mass is 365 g/mol. The van der Waals surface area contributed by atoms with Crippen LogP contribution in [0, 0.1) is 5.92 Å². The molecule has 0 bridgehead atoms. The fourth-order valence-corrected chi connectivity index (χ4v) is 4.19.